The molecule has 8 heteroatoms. The first-order valence-corrected chi connectivity index (χ1v) is 11.3. The number of aromatic nitrogens is 2. The summed E-state index contributed by atoms with van der Waals surface area (Å²) in [5.41, 5.74) is 3.96. The van der Waals surface area contributed by atoms with Crippen LogP contribution in [0.5, 0.6) is 11.5 Å². The highest BCUT2D eigenvalue weighted by molar-refractivity contribution is 6.04. The van der Waals surface area contributed by atoms with Crippen molar-refractivity contribution in [3.05, 3.63) is 83.7 Å². The summed E-state index contributed by atoms with van der Waals surface area (Å²) in [4.78, 5) is 20.0. The number of benzene rings is 2. The van der Waals surface area contributed by atoms with E-state index in [4.69, 9.17) is 19.2 Å². The number of hydrogen-bond acceptors (Lipinski definition) is 6. The number of imidazole rings is 1. The van der Waals surface area contributed by atoms with Gasteiger partial charge in [-0.2, -0.15) is 0 Å². The highest BCUT2D eigenvalue weighted by Gasteiger charge is 2.18. The van der Waals surface area contributed by atoms with Gasteiger partial charge in [0.05, 0.1) is 32.1 Å². The first-order chi connectivity index (χ1) is 17.0. The Bertz CT molecular complexity index is 1300. The second-order valence-corrected chi connectivity index (χ2v) is 8.12. The molecular weight excluding hydrogens is 444 g/mol. The first kappa shape index (κ1) is 24.1. The lowest BCUT2D eigenvalue weighted by Crippen LogP contribution is -2.28. The lowest BCUT2D eigenvalue weighted by atomic mass is 10.2. The zero-order valence-corrected chi connectivity index (χ0v) is 20.4. The fraction of sp³-hybridized carbons (Fsp3) is 0.259. The molecule has 2 aromatic carbocycles. The van der Waals surface area contributed by atoms with Gasteiger partial charge >= 0.3 is 0 Å². The summed E-state index contributed by atoms with van der Waals surface area (Å²) in [6.07, 6.45) is 1.83. The van der Waals surface area contributed by atoms with Gasteiger partial charge in [0.1, 0.15) is 23.0 Å². The summed E-state index contributed by atoms with van der Waals surface area (Å²) in [5, 5.41) is 2.94. The minimum Gasteiger partial charge on any atom is -0.497 e. The molecule has 1 amide bonds. The maximum atomic E-state index is 13.0. The third-order valence-corrected chi connectivity index (χ3v) is 5.75. The SMILES string of the molecule is COCCN(Cc1ccc(OC)cc1)c1c(C)nc2ccc(C(=O)Nc3cccc(OC)c3)cn12. The van der Waals surface area contributed by atoms with E-state index in [0.29, 0.717) is 36.7 Å². The lowest BCUT2D eigenvalue weighted by molar-refractivity contribution is 0.102. The van der Waals surface area contributed by atoms with Crippen molar-refractivity contribution in [3.63, 3.8) is 0 Å². The molecule has 4 aromatic rings. The van der Waals surface area contributed by atoms with Crippen molar-refractivity contribution in [3.8, 4) is 11.5 Å². The largest absolute Gasteiger partial charge is 0.497 e. The van der Waals surface area contributed by atoms with E-state index in [0.717, 1.165) is 28.5 Å². The van der Waals surface area contributed by atoms with Gasteiger partial charge in [-0.1, -0.05) is 18.2 Å². The van der Waals surface area contributed by atoms with Gasteiger partial charge < -0.3 is 24.4 Å². The summed E-state index contributed by atoms with van der Waals surface area (Å²) < 4.78 is 17.9. The molecule has 0 radical (unpaired) electrons. The van der Waals surface area contributed by atoms with Crippen LogP contribution in [-0.2, 0) is 11.3 Å². The number of ether oxygens (including phenoxy) is 3. The van der Waals surface area contributed by atoms with Crippen LogP contribution in [-0.4, -0.2) is 49.8 Å². The minimum absolute atomic E-state index is 0.212. The normalized spacial score (nSPS) is 10.9. The maximum absolute atomic E-state index is 13.0. The van der Waals surface area contributed by atoms with Gasteiger partial charge in [-0.05, 0) is 48.9 Å². The molecule has 0 spiro atoms. The average molecular weight is 475 g/mol. The summed E-state index contributed by atoms with van der Waals surface area (Å²) in [7, 11) is 4.94. The van der Waals surface area contributed by atoms with Gasteiger partial charge in [-0.25, -0.2) is 4.98 Å². The molecule has 8 nitrogen and oxygen atoms in total. The zero-order chi connectivity index (χ0) is 24.8. The topological polar surface area (TPSA) is 77.3 Å². The quantitative estimate of drug-likeness (QED) is 0.363. The number of pyridine rings is 1. The van der Waals surface area contributed by atoms with E-state index in [1.807, 2.05) is 66.1 Å². The zero-order valence-electron chi connectivity index (χ0n) is 20.4. The highest BCUT2D eigenvalue weighted by Crippen LogP contribution is 2.26. The second-order valence-electron chi connectivity index (χ2n) is 8.12. The number of hydrogen-bond donors (Lipinski definition) is 1. The van der Waals surface area contributed by atoms with Crippen LogP contribution in [0.1, 0.15) is 21.6 Å². The molecule has 1 N–H and O–H groups in total. The number of aryl methyl sites for hydroxylation is 1. The van der Waals surface area contributed by atoms with Gasteiger partial charge in [0.25, 0.3) is 5.91 Å². The van der Waals surface area contributed by atoms with Crippen molar-refractivity contribution < 1.29 is 19.0 Å². The van der Waals surface area contributed by atoms with E-state index in [-0.39, 0.29) is 5.91 Å². The van der Waals surface area contributed by atoms with E-state index in [1.54, 1.807) is 33.5 Å². The maximum Gasteiger partial charge on any atom is 0.257 e. The van der Waals surface area contributed by atoms with Crippen LogP contribution in [0.4, 0.5) is 11.5 Å². The number of anilines is 2. The third-order valence-electron chi connectivity index (χ3n) is 5.75. The van der Waals surface area contributed by atoms with Crippen LogP contribution >= 0.6 is 0 Å². The molecule has 0 atom stereocenters. The van der Waals surface area contributed by atoms with E-state index in [1.165, 1.54) is 0 Å². The fourth-order valence-corrected chi connectivity index (χ4v) is 3.98. The Labute approximate surface area is 205 Å². The summed E-state index contributed by atoms with van der Waals surface area (Å²) in [5.74, 6) is 2.20. The van der Waals surface area contributed by atoms with Crippen molar-refractivity contribution in [2.45, 2.75) is 13.5 Å². The van der Waals surface area contributed by atoms with Gasteiger partial charge in [0.15, 0.2) is 0 Å². The molecular formula is C27H30N4O4. The number of rotatable bonds is 10. The minimum atomic E-state index is -0.212. The number of amides is 1. The standard InChI is InChI=1S/C27H30N4O4/c1-19-27(30(14-15-33-2)17-20-8-11-23(34-3)12-9-20)31-18-21(10-13-25(31)28-19)26(32)29-22-6-5-7-24(16-22)35-4/h5-13,16,18H,14-15,17H2,1-4H3,(H,29,32). The van der Waals surface area contributed by atoms with Crippen molar-refractivity contribution in [1.29, 1.82) is 0 Å². The molecule has 182 valence electrons. The van der Waals surface area contributed by atoms with Gasteiger partial charge in [0.2, 0.25) is 0 Å². The molecule has 2 aromatic heterocycles. The molecule has 0 fully saturated rings. The number of carbonyl (C=O) groups is 1. The van der Waals surface area contributed by atoms with Crippen LogP contribution in [0.2, 0.25) is 0 Å². The Morgan fingerprint density at radius 2 is 1.77 bits per heavy atom. The van der Waals surface area contributed by atoms with Crippen LogP contribution < -0.4 is 19.7 Å². The number of methoxy groups -OCH3 is 3. The molecule has 4 rings (SSSR count). The van der Waals surface area contributed by atoms with E-state index >= 15 is 0 Å². The predicted molar refractivity (Wildman–Crippen MR) is 137 cm³/mol. The van der Waals surface area contributed by atoms with E-state index in [9.17, 15) is 4.79 Å². The number of carbonyl (C=O) groups excluding carboxylic acids is 1. The van der Waals surface area contributed by atoms with Crippen molar-refractivity contribution >= 4 is 23.1 Å². The fourth-order valence-electron chi connectivity index (χ4n) is 3.98. The van der Waals surface area contributed by atoms with Crippen LogP contribution in [0.15, 0.2) is 66.9 Å². The van der Waals surface area contributed by atoms with E-state index in [2.05, 4.69) is 10.2 Å². The van der Waals surface area contributed by atoms with Crippen molar-refractivity contribution in [2.24, 2.45) is 0 Å². The highest BCUT2D eigenvalue weighted by atomic mass is 16.5. The van der Waals surface area contributed by atoms with Crippen molar-refractivity contribution in [1.82, 2.24) is 9.38 Å². The monoisotopic (exact) mass is 474 g/mol. The molecule has 2 heterocycles. The van der Waals surface area contributed by atoms with Crippen LogP contribution in [0.3, 0.4) is 0 Å². The molecule has 0 unspecified atom stereocenters. The lowest BCUT2D eigenvalue weighted by Gasteiger charge is -2.25. The predicted octanol–water partition coefficient (Wildman–Crippen LogP) is 4.57. The number of nitrogens with zero attached hydrogens (tertiary/aromatic N) is 3. The van der Waals surface area contributed by atoms with Crippen LogP contribution in [0, 0.1) is 6.92 Å². The Balaban J connectivity index is 1.65. The van der Waals surface area contributed by atoms with Gasteiger partial charge in [-0.15, -0.1) is 0 Å². The third kappa shape index (κ3) is 5.55. The number of fused-ring (bicyclic) bond motifs is 1. The molecule has 0 aliphatic heterocycles. The van der Waals surface area contributed by atoms with Crippen molar-refractivity contribution in [2.75, 3.05) is 44.7 Å². The molecule has 0 saturated carbocycles. The average Bonchev–Trinajstić information content (AvgIpc) is 3.21. The smallest absolute Gasteiger partial charge is 0.257 e. The Kier molecular flexibility index (Phi) is 7.52. The number of nitrogens with one attached hydrogen (secondary N) is 1. The Morgan fingerprint density at radius 3 is 2.49 bits per heavy atom. The first-order valence-electron chi connectivity index (χ1n) is 11.3. The second kappa shape index (κ2) is 10.9. The summed E-state index contributed by atoms with van der Waals surface area (Å²) in [6, 6.07) is 18.9. The molecule has 0 bridgehead atoms. The van der Waals surface area contributed by atoms with E-state index < -0.39 is 0 Å². The Morgan fingerprint density at radius 1 is 1.00 bits per heavy atom. The molecule has 0 saturated heterocycles. The summed E-state index contributed by atoms with van der Waals surface area (Å²) in [6.45, 7) is 3.85. The molecule has 35 heavy (non-hydrogen) atoms. The summed E-state index contributed by atoms with van der Waals surface area (Å²) >= 11 is 0. The van der Waals surface area contributed by atoms with Gasteiger partial charge in [-0.3, -0.25) is 9.20 Å². The molecule has 0 aliphatic carbocycles. The van der Waals surface area contributed by atoms with Gasteiger partial charge in [0, 0.05) is 38.1 Å². The molecule has 0 aliphatic rings. The Hall–Kier alpha value is -4.04. The van der Waals surface area contributed by atoms with Crippen LogP contribution in [0.25, 0.3) is 5.65 Å².